The second-order valence-electron chi connectivity index (χ2n) is 14.4. The monoisotopic (exact) mass is 767 g/mol. The van der Waals surface area contributed by atoms with E-state index < -0.39 is 58.1 Å². The third-order valence-electron chi connectivity index (χ3n) is 10.4. The summed E-state index contributed by atoms with van der Waals surface area (Å²) in [6.45, 7) is 6.27. The lowest BCUT2D eigenvalue weighted by Gasteiger charge is -2.41. The van der Waals surface area contributed by atoms with E-state index in [0.29, 0.717) is 18.8 Å². The summed E-state index contributed by atoms with van der Waals surface area (Å²) in [5.74, 6) is -1.12. The van der Waals surface area contributed by atoms with Gasteiger partial charge in [-0.1, -0.05) is 19.0 Å². The molecule has 0 aromatic carbocycles. The van der Waals surface area contributed by atoms with Crippen LogP contribution in [0.25, 0.3) is 28.4 Å². The second-order valence-corrected chi connectivity index (χ2v) is 14.4. The van der Waals surface area contributed by atoms with Crippen LogP contribution in [0.2, 0.25) is 0 Å². The molecule has 0 aliphatic carbocycles. The molecule has 55 heavy (non-hydrogen) atoms. The van der Waals surface area contributed by atoms with E-state index in [1.807, 2.05) is 18.7 Å². The van der Waals surface area contributed by atoms with E-state index in [1.54, 1.807) is 4.90 Å². The summed E-state index contributed by atoms with van der Waals surface area (Å²) < 4.78 is 85.5. The maximum Gasteiger partial charge on any atom is 0.418 e. The average Bonchev–Trinajstić information content (AvgIpc) is 3.83. The van der Waals surface area contributed by atoms with Gasteiger partial charge in [0, 0.05) is 56.9 Å². The van der Waals surface area contributed by atoms with Crippen molar-refractivity contribution in [2.24, 2.45) is 0 Å². The molecule has 0 spiro atoms. The van der Waals surface area contributed by atoms with Crippen molar-refractivity contribution in [3.63, 3.8) is 0 Å². The van der Waals surface area contributed by atoms with Crippen LogP contribution in [-0.4, -0.2) is 103 Å². The molecule has 1 amide bonds. The fraction of sp³-hybridized carbons (Fsp3) is 0.500. The number of alkyl halides is 4. The number of hydrogen-bond donors (Lipinski definition) is 1. The van der Waals surface area contributed by atoms with Crippen molar-refractivity contribution in [1.82, 2.24) is 39.9 Å². The molecule has 4 aromatic rings. The van der Waals surface area contributed by atoms with Crippen molar-refractivity contribution in [3.05, 3.63) is 47.0 Å². The van der Waals surface area contributed by atoms with Gasteiger partial charge in [0.1, 0.15) is 41.3 Å². The number of fused-ring (bicyclic) bond motifs is 2. The van der Waals surface area contributed by atoms with Gasteiger partial charge in [-0.3, -0.25) is 14.7 Å². The summed E-state index contributed by atoms with van der Waals surface area (Å²) in [6.07, 6.45) is -0.453. The summed E-state index contributed by atoms with van der Waals surface area (Å²) in [5, 5.41) is 13.7. The van der Waals surface area contributed by atoms with E-state index >= 15 is 4.39 Å². The molecule has 2 N–H and O–H groups in total. The average molecular weight is 768 g/mol. The molecule has 7 rings (SSSR count). The van der Waals surface area contributed by atoms with Crippen molar-refractivity contribution in [2.75, 3.05) is 50.0 Å². The number of nitrogen functional groups attached to an aromatic ring is 1. The molecule has 3 saturated heterocycles. The summed E-state index contributed by atoms with van der Waals surface area (Å²) in [6, 6.07) is 2.21. The predicted molar refractivity (Wildman–Crippen MR) is 189 cm³/mol. The van der Waals surface area contributed by atoms with Crippen LogP contribution in [-0.2, 0) is 11.0 Å². The van der Waals surface area contributed by atoms with Crippen LogP contribution in [0.4, 0.5) is 33.6 Å². The summed E-state index contributed by atoms with van der Waals surface area (Å²) >= 11 is 0. The Morgan fingerprint density at radius 2 is 1.98 bits per heavy atom. The Balaban J connectivity index is 1.26. The first-order valence-corrected chi connectivity index (χ1v) is 17.8. The standard InChI is InChI=1S/C36H38F5N11O3/c1-19(2)32-46-25(55-49-32)5-6-26(53)52-12-11-50(17-22(52)7-9-42)33-23-15-44-31(30-27(36(39,40)41)20(3)13-24(43)45-30)28(38)29(23)47-34(48-33)54-18-35-8-4-10-51(35)16-21(37)14-35/h5-6,13,15,19,21-22H,4,7-8,10-12,14,16-18H2,1-3H3,(H2,43,45)/b6-5+/t21-,22+,35+/m1/s1. The minimum Gasteiger partial charge on any atom is -0.461 e. The van der Waals surface area contributed by atoms with E-state index in [2.05, 4.69) is 36.1 Å². The summed E-state index contributed by atoms with van der Waals surface area (Å²) in [5.41, 5.74) is 1.82. The molecule has 4 aromatic heterocycles. The normalized spacial score (nSPS) is 21.9. The molecule has 3 atom stereocenters. The van der Waals surface area contributed by atoms with E-state index in [-0.39, 0.29) is 86.0 Å². The first kappa shape index (κ1) is 37.8. The SMILES string of the molecule is Cc1cc(N)nc(-c2ncc3c(N4CCN(C(=O)/C=C/c5nc(C(C)C)no5)[C@@H](CC#N)C4)nc(OC[C@@]45CCCN4C[C@H](F)C5)nc3c2F)c1C(F)(F)F. The largest absolute Gasteiger partial charge is 0.461 e. The van der Waals surface area contributed by atoms with Crippen molar-refractivity contribution in [3.8, 4) is 23.5 Å². The molecule has 7 heterocycles. The van der Waals surface area contributed by atoms with Crippen molar-refractivity contribution in [2.45, 2.75) is 76.3 Å². The Hall–Kier alpha value is -5.51. The number of rotatable bonds is 9. The van der Waals surface area contributed by atoms with Crippen LogP contribution in [0.5, 0.6) is 6.01 Å². The first-order chi connectivity index (χ1) is 26.2. The Morgan fingerprint density at radius 3 is 2.71 bits per heavy atom. The van der Waals surface area contributed by atoms with Gasteiger partial charge in [0.05, 0.1) is 35.0 Å². The molecular formula is C36H38F5N11O3. The lowest BCUT2D eigenvalue weighted by molar-refractivity contribution is -0.137. The number of aryl methyl sites for hydroxylation is 1. The number of hydrogen-bond acceptors (Lipinski definition) is 13. The fourth-order valence-corrected chi connectivity index (χ4v) is 7.77. The Morgan fingerprint density at radius 1 is 1.18 bits per heavy atom. The van der Waals surface area contributed by atoms with E-state index in [1.165, 1.54) is 24.0 Å². The van der Waals surface area contributed by atoms with Crippen LogP contribution in [0, 0.1) is 24.1 Å². The van der Waals surface area contributed by atoms with Crippen LogP contribution >= 0.6 is 0 Å². The minimum atomic E-state index is -4.92. The van der Waals surface area contributed by atoms with Crippen LogP contribution < -0.4 is 15.4 Å². The number of nitrogens with two attached hydrogens (primary N) is 1. The van der Waals surface area contributed by atoms with Gasteiger partial charge < -0.3 is 24.8 Å². The van der Waals surface area contributed by atoms with Crippen molar-refractivity contribution < 1.29 is 36.0 Å². The zero-order valence-electron chi connectivity index (χ0n) is 30.3. The highest BCUT2D eigenvalue weighted by Gasteiger charge is 2.49. The number of amides is 1. The van der Waals surface area contributed by atoms with Crippen LogP contribution in [0.15, 0.2) is 22.9 Å². The quantitative estimate of drug-likeness (QED) is 0.173. The number of ether oxygens (including phenoxy) is 1. The zero-order valence-corrected chi connectivity index (χ0v) is 30.3. The van der Waals surface area contributed by atoms with Gasteiger partial charge in [-0.15, -0.1) is 0 Å². The number of piperazine rings is 1. The van der Waals surface area contributed by atoms with Crippen LogP contribution in [0.1, 0.15) is 68.3 Å². The number of nitriles is 1. The highest BCUT2D eigenvalue weighted by molar-refractivity contribution is 5.93. The highest BCUT2D eigenvalue weighted by atomic mass is 19.4. The molecular weight excluding hydrogens is 729 g/mol. The highest BCUT2D eigenvalue weighted by Crippen LogP contribution is 2.42. The number of halogens is 5. The topological polar surface area (TPSA) is 176 Å². The third-order valence-corrected chi connectivity index (χ3v) is 10.4. The van der Waals surface area contributed by atoms with Gasteiger partial charge in [-0.25, -0.2) is 13.8 Å². The van der Waals surface area contributed by atoms with E-state index in [0.717, 1.165) is 18.7 Å². The predicted octanol–water partition coefficient (Wildman–Crippen LogP) is 5.24. The molecule has 3 aliphatic rings. The van der Waals surface area contributed by atoms with Crippen molar-refractivity contribution in [1.29, 1.82) is 5.26 Å². The van der Waals surface area contributed by atoms with E-state index in [9.17, 15) is 27.6 Å². The Labute approximate surface area is 312 Å². The molecule has 3 fully saturated rings. The number of carbonyl (C=O) groups is 1. The Bertz CT molecular complexity index is 2190. The van der Waals surface area contributed by atoms with Gasteiger partial charge in [0.2, 0.25) is 5.91 Å². The lowest BCUT2D eigenvalue weighted by Crippen LogP contribution is -2.55. The number of pyridine rings is 2. The third kappa shape index (κ3) is 7.34. The number of anilines is 2. The molecule has 290 valence electrons. The molecule has 0 bridgehead atoms. The number of aromatic nitrogens is 6. The van der Waals surface area contributed by atoms with Gasteiger partial charge in [0.25, 0.3) is 5.89 Å². The molecule has 19 heteroatoms. The smallest absolute Gasteiger partial charge is 0.418 e. The molecule has 0 unspecified atom stereocenters. The molecule has 0 saturated carbocycles. The summed E-state index contributed by atoms with van der Waals surface area (Å²) in [4.78, 5) is 39.8. The van der Waals surface area contributed by atoms with Gasteiger partial charge in [-0.2, -0.15) is 33.4 Å². The van der Waals surface area contributed by atoms with Crippen molar-refractivity contribution >= 4 is 34.5 Å². The lowest BCUT2D eigenvalue weighted by atomic mass is 9.95. The fourth-order valence-electron chi connectivity index (χ4n) is 7.77. The maximum atomic E-state index is 16.7. The van der Waals surface area contributed by atoms with Crippen LogP contribution in [0.3, 0.4) is 0 Å². The Kier molecular flexibility index (Phi) is 10.0. The molecule has 3 aliphatic heterocycles. The molecule has 14 nitrogen and oxygen atoms in total. The first-order valence-electron chi connectivity index (χ1n) is 17.8. The maximum absolute atomic E-state index is 16.7. The van der Waals surface area contributed by atoms with Gasteiger partial charge in [0.15, 0.2) is 11.6 Å². The second kappa shape index (κ2) is 14.6. The summed E-state index contributed by atoms with van der Waals surface area (Å²) in [7, 11) is 0. The number of carbonyl (C=O) groups excluding carboxylic acids is 1. The van der Waals surface area contributed by atoms with E-state index in [4.69, 9.17) is 15.0 Å². The zero-order chi connectivity index (χ0) is 39.2. The molecule has 0 radical (unpaired) electrons. The van der Waals surface area contributed by atoms with Gasteiger partial charge in [-0.05, 0) is 37.9 Å². The minimum absolute atomic E-state index is 0.00348. The van der Waals surface area contributed by atoms with Gasteiger partial charge >= 0.3 is 12.2 Å². The number of nitrogens with zero attached hydrogens (tertiary/aromatic N) is 10.